The predicted octanol–water partition coefficient (Wildman–Crippen LogP) is 0.754. The molecule has 4 rings (SSSR count). The maximum Gasteiger partial charge on any atom is 0.274 e. The third-order valence-electron chi connectivity index (χ3n) is 5.04. The zero-order valence-electron chi connectivity index (χ0n) is 13.5. The summed E-state index contributed by atoms with van der Waals surface area (Å²) in [5.41, 5.74) is 3.55. The number of H-pyrrole nitrogens is 1. The first kappa shape index (κ1) is 15.3. The van der Waals surface area contributed by atoms with E-state index in [1.165, 1.54) is 0 Å². The number of aromatic amines is 1. The van der Waals surface area contributed by atoms with E-state index < -0.39 is 6.10 Å². The average molecular weight is 327 g/mol. The first-order chi connectivity index (χ1) is 11.7. The van der Waals surface area contributed by atoms with Crippen molar-refractivity contribution in [3.05, 3.63) is 41.2 Å². The predicted molar refractivity (Wildman–Crippen MR) is 86.4 cm³/mol. The van der Waals surface area contributed by atoms with Gasteiger partial charge in [0, 0.05) is 48.9 Å². The number of carbonyl (C=O) groups is 1. The summed E-state index contributed by atoms with van der Waals surface area (Å²) in [6.07, 6.45) is 9.20. The van der Waals surface area contributed by atoms with Crippen LogP contribution < -0.4 is 0 Å². The van der Waals surface area contributed by atoms with Crippen molar-refractivity contribution >= 4 is 5.91 Å². The summed E-state index contributed by atoms with van der Waals surface area (Å²) in [5, 5.41) is 17.6. The van der Waals surface area contributed by atoms with Crippen LogP contribution in [0.25, 0.3) is 0 Å². The van der Waals surface area contributed by atoms with Gasteiger partial charge in [-0.05, 0) is 32.1 Å². The lowest BCUT2D eigenvalue weighted by atomic mass is 9.95. The minimum absolute atomic E-state index is 0.0135. The largest absolute Gasteiger partial charge is 0.391 e. The van der Waals surface area contributed by atoms with Crippen LogP contribution in [0.15, 0.2) is 18.6 Å². The number of likely N-dealkylation sites (tertiary alicyclic amines) is 1. The molecule has 7 nitrogen and oxygen atoms in total. The minimum atomic E-state index is -0.536. The summed E-state index contributed by atoms with van der Waals surface area (Å²) < 4.78 is 0. The number of amides is 1. The van der Waals surface area contributed by atoms with Gasteiger partial charge in [0.25, 0.3) is 5.91 Å². The molecule has 0 spiro atoms. The number of nitrogens with zero attached hydrogens (tertiary/aromatic N) is 4. The fourth-order valence-corrected chi connectivity index (χ4v) is 3.73. The van der Waals surface area contributed by atoms with E-state index in [0.717, 1.165) is 42.6 Å². The van der Waals surface area contributed by atoms with Crippen molar-refractivity contribution in [2.24, 2.45) is 5.92 Å². The molecule has 2 atom stereocenters. The van der Waals surface area contributed by atoms with Gasteiger partial charge in [-0.15, -0.1) is 0 Å². The van der Waals surface area contributed by atoms with Gasteiger partial charge in [0.05, 0.1) is 11.8 Å². The van der Waals surface area contributed by atoms with E-state index in [9.17, 15) is 9.90 Å². The molecule has 24 heavy (non-hydrogen) atoms. The number of carbonyl (C=O) groups excluding carboxylic acids is 1. The normalized spacial score (nSPS) is 23.3. The van der Waals surface area contributed by atoms with E-state index in [4.69, 9.17) is 0 Å². The molecule has 1 saturated heterocycles. The van der Waals surface area contributed by atoms with Crippen molar-refractivity contribution in [1.82, 2.24) is 25.1 Å². The molecule has 0 saturated carbocycles. The molecule has 0 aromatic carbocycles. The van der Waals surface area contributed by atoms with E-state index in [0.29, 0.717) is 25.2 Å². The Morgan fingerprint density at radius 2 is 2.17 bits per heavy atom. The van der Waals surface area contributed by atoms with Crippen LogP contribution in [0.2, 0.25) is 0 Å². The van der Waals surface area contributed by atoms with Gasteiger partial charge in [0.2, 0.25) is 0 Å². The highest BCUT2D eigenvalue weighted by atomic mass is 16.3. The quantitative estimate of drug-likeness (QED) is 0.867. The van der Waals surface area contributed by atoms with E-state index in [1.807, 2.05) is 0 Å². The summed E-state index contributed by atoms with van der Waals surface area (Å²) in [6, 6.07) is 0. The fraction of sp³-hybridized carbons (Fsp3) is 0.529. The zero-order valence-corrected chi connectivity index (χ0v) is 13.5. The van der Waals surface area contributed by atoms with Crippen LogP contribution in [-0.4, -0.2) is 55.3 Å². The molecule has 1 aliphatic carbocycles. The summed E-state index contributed by atoms with van der Waals surface area (Å²) in [6.45, 7) is 0.879. The van der Waals surface area contributed by atoms with Crippen LogP contribution in [0.1, 0.15) is 40.3 Å². The van der Waals surface area contributed by atoms with Crippen molar-refractivity contribution in [1.29, 1.82) is 0 Å². The smallest absolute Gasteiger partial charge is 0.274 e. The Bertz CT molecular complexity index is 730. The number of β-amino-alcohol motifs (C(OH)–C–C–N with tert-alkyl or cyclic N) is 1. The average Bonchev–Trinajstić information content (AvgIpc) is 3.19. The first-order valence-corrected chi connectivity index (χ1v) is 8.50. The molecule has 2 aromatic rings. The van der Waals surface area contributed by atoms with Crippen molar-refractivity contribution in [3.63, 3.8) is 0 Å². The molecule has 2 aromatic heterocycles. The molecule has 1 fully saturated rings. The number of aromatic nitrogens is 4. The first-order valence-electron chi connectivity index (χ1n) is 8.50. The van der Waals surface area contributed by atoms with Crippen molar-refractivity contribution in [3.8, 4) is 0 Å². The second-order valence-corrected chi connectivity index (χ2v) is 6.67. The third kappa shape index (κ3) is 2.80. The maximum absolute atomic E-state index is 12.8. The number of hydrogen-bond donors (Lipinski definition) is 2. The van der Waals surface area contributed by atoms with E-state index in [1.54, 1.807) is 23.5 Å². The lowest BCUT2D eigenvalue weighted by Crippen LogP contribution is -2.30. The molecular formula is C17H21N5O2. The number of aryl methyl sites for hydroxylation is 1. The SMILES string of the molecule is O=C(c1n[nH]c2c1CCCC2)N1C[C@@H](Cc2cnccn2)[C@H](O)C1. The molecule has 0 unspecified atom stereocenters. The van der Waals surface area contributed by atoms with Crippen LogP contribution in [-0.2, 0) is 19.3 Å². The molecule has 2 N–H and O–H groups in total. The second kappa shape index (κ2) is 6.32. The van der Waals surface area contributed by atoms with Gasteiger partial charge in [-0.25, -0.2) is 0 Å². The van der Waals surface area contributed by atoms with E-state index in [2.05, 4.69) is 20.2 Å². The van der Waals surface area contributed by atoms with E-state index in [-0.39, 0.29) is 11.8 Å². The van der Waals surface area contributed by atoms with Gasteiger partial charge in [0.1, 0.15) is 0 Å². The number of nitrogens with one attached hydrogen (secondary N) is 1. The van der Waals surface area contributed by atoms with Crippen molar-refractivity contribution in [2.75, 3.05) is 13.1 Å². The monoisotopic (exact) mass is 327 g/mol. The molecule has 1 aliphatic heterocycles. The highest BCUT2D eigenvalue weighted by Crippen LogP contribution is 2.26. The van der Waals surface area contributed by atoms with Gasteiger partial charge in [-0.2, -0.15) is 5.10 Å². The summed E-state index contributed by atoms with van der Waals surface area (Å²) in [7, 11) is 0. The Kier molecular flexibility index (Phi) is 4.02. The van der Waals surface area contributed by atoms with Gasteiger partial charge in [-0.1, -0.05) is 0 Å². The summed E-state index contributed by atoms with van der Waals surface area (Å²) in [5.74, 6) is -0.0875. The lowest BCUT2D eigenvalue weighted by Gasteiger charge is -2.17. The van der Waals surface area contributed by atoms with Crippen LogP contribution in [0.4, 0.5) is 0 Å². The lowest BCUT2D eigenvalue weighted by molar-refractivity contribution is 0.0757. The molecule has 1 amide bonds. The fourth-order valence-electron chi connectivity index (χ4n) is 3.73. The van der Waals surface area contributed by atoms with Gasteiger partial charge < -0.3 is 10.0 Å². The Morgan fingerprint density at radius 1 is 1.29 bits per heavy atom. The Balaban J connectivity index is 1.47. The summed E-state index contributed by atoms with van der Waals surface area (Å²) in [4.78, 5) is 22.9. The molecule has 0 bridgehead atoms. The topological polar surface area (TPSA) is 95.0 Å². The van der Waals surface area contributed by atoms with Crippen LogP contribution in [0.5, 0.6) is 0 Å². The third-order valence-corrected chi connectivity index (χ3v) is 5.04. The number of hydrogen-bond acceptors (Lipinski definition) is 5. The zero-order chi connectivity index (χ0) is 16.5. The number of rotatable bonds is 3. The Morgan fingerprint density at radius 3 is 3.00 bits per heavy atom. The standard InChI is InChI=1S/C17H21N5O2/c23-15-10-22(9-11(15)7-12-8-18-5-6-19-12)17(24)16-13-3-1-2-4-14(13)20-21-16/h5-6,8,11,15,23H,1-4,7,9-10H2,(H,20,21)/t11-,15-/m1/s1. The van der Waals surface area contributed by atoms with E-state index >= 15 is 0 Å². The molecule has 7 heteroatoms. The molecule has 2 aliphatic rings. The highest BCUT2D eigenvalue weighted by Gasteiger charge is 2.36. The summed E-state index contributed by atoms with van der Waals surface area (Å²) >= 11 is 0. The van der Waals surface area contributed by atoms with Gasteiger partial charge in [-0.3, -0.25) is 19.9 Å². The second-order valence-electron chi connectivity index (χ2n) is 6.67. The number of aliphatic hydroxyl groups is 1. The Hall–Kier alpha value is -2.28. The van der Waals surface area contributed by atoms with Gasteiger partial charge >= 0.3 is 0 Å². The molecule has 0 radical (unpaired) electrons. The van der Waals surface area contributed by atoms with Crippen molar-refractivity contribution in [2.45, 2.75) is 38.2 Å². The minimum Gasteiger partial charge on any atom is -0.391 e. The van der Waals surface area contributed by atoms with Crippen LogP contribution in [0.3, 0.4) is 0 Å². The van der Waals surface area contributed by atoms with Crippen LogP contribution in [0, 0.1) is 5.92 Å². The van der Waals surface area contributed by atoms with Crippen molar-refractivity contribution < 1.29 is 9.90 Å². The highest BCUT2D eigenvalue weighted by molar-refractivity contribution is 5.94. The molecule has 3 heterocycles. The molecular weight excluding hydrogens is 306 g/mol. The molecule has 126 valence electrons. The Labute approximate surface area is 140 Å². The number of fused-ring (bicyclic) bond motifs is 1. The van der Waals surface area contributed by atoms with Gasteiger partial charge in [0.15, 0.2) is 5.69 Å². The van der Waals surface area contributed by atoms with Crippen LogP contribution >= 0.6 is 0 Å². The maximum atomic E-state index is 12.8. The number of aliphatic hydroxyl groups excluding tert-OH is 1.